The van der Waals surface area contributed by atoms with E-state index in [0.29, 0.717) is 12.0 Å². The molecule has 0 unspecified atom stereocenters. The van der Waals surface area contributed by atoms with Crippen LogP contribution in [0.2, 0.25) is 0 Å². The van der Waals surface area contributed by atoms with Gasteiger partial charge in [-0.1, -0.05) is 75.2 Å². The van der Waals surface area contributed by atoms with E-state index in [1.54, 1.807) is 24.3 Å². The predicted molar refractivity (Wildman–Crippen MR) is 120 cm³/mol. The van der Waals surface area contributed by atoms with Crippen molar-refractivity contribution in [3.63, 3.8) is 0 Å². The molecule has 0 atom stereocenters. The molecule has 192 valence electrons. The van der Waals surface area contributed by atoms with Gasteiger partial charge in [0.1, 0.15) is 5.60 Å². The monoisotopic (exact) mass is 500 g/mol. The predicted octanol–water partition coefficient (Wildman–Crippen LogP) is 8.12. The first-order valence-electron chi connectivity index (χ1n) is 12.1. The molecule has 0 spiro atoms. The van der Waals surface area contributed by atoms with Crippen LogP contribution in [-0.4, -0.2) is 17.6 Å². The van der Waals surface area contributed by atoms with Crippen LogP contribution in [0.15, 0.2) is 48.5 Å². The smallest absolute Gasteiger partial charge is 0.304 e. The summed E-state index contributed by atoms with van der Waals surface area (Å²) in [5.74, 6) is -4.97. The van der Waals surface area contributed by atoms with Crippen LogP contribution in [0.5, 0.6) is 0 Å². The number of aryl methyl sites for hydroxylation is 2. The van der Waals surface area contributed by atoms with Gasteiger partial charge >= 0.3 is 18.1 Å². The Labute approximate surface area is 201 Å². The van der Waals surface area contributed by atoms with Crippen molar-refractivity contribution in [2.45, 2.75) is 94.6 Å². The van der Waals surface area contributed by atoms with Crippen molar-refractivity contribution in [2.24, 2.45) is 0 Å². The number of hydrogen-bond acceptors (Lipinski definition) is 2. The van der Waals surface area contributed by atoms with Gasteiger partial charge in [0.15, 0.2) is 0 Å². The first-order valence-corrected chi connectivity index (χ1v) is 12.1. The molecule has 3 fully saturated rings. The zero-order chi connectivity index (χ0) is 25.5. The van der Waals surface area contributed by atoms with E-state index >= 15 is 17.6 Å². The van der Waals surface area contributed by atoms with E-state index in [0.717, 1.165) is 42.5 Å². The third-order valence-electron chi connectivity index (χ3n) is 7.30. The Bertz CT molecular complexity index is 1010. The summed E-state index contributed by atoms with van der Waals surface area (Å²) in [6.07, 6.45) is -8.02. The first-order chi connectivity index (χ1) is 16.4. The molecule has 2 bridgehead atoms. The van der Waals surface area contributed by atoms with Crippen molar-refractivity contribution in [1.29, 1.82) is 0 Å². The Morgan fingerprint density at radius 2 is 1.26 bits per heavy atom. The third-order valence-corrected chi connectivity index (χ3v) is 7.30. The van der Waals surface area contributed by atoms with Crippen LogP contribution < -0.4 is 0 Å². The molecule has 8 heteroatoms. The number of benzene rings is 2. The number of ether oxygens (including phenoxy) is 2. The fourth-order valence-corrected chi connectivity index (χ4v) is 5.28. The average molecular weight is 501 g/mol. The topological polar surface area (TPSA) is 18.5 Å². The molecule has 5 rings (SSSR count). The van der Waals surface area contributed by atoms with Crippen LogP contribution in [0.4, 0.5) is 26.3 Å². The quantitative estimate of drug-likeness (QED) is 0.341. The Hall–Kier alpha value is -2.06. The van der Waals surface area contributed by atoms with Gasteiger partial charge in [0, 0.05) is 0 Å². The molecular formula is C27H30F6O2. The minimum Gasteiger partial charge on any atom is -0.304 e. The van der Waals surface area contributed by atoms with Crippen LogP contribution in [0, 0.1) is 0 Å². The highest BCUT2D eigenvalue weighted by molar-refractivity contribution is 5.31. The summed E-state index contributed by atoms with van der Waals surface area (Å²) in [7, 11) is 0. The summed E-state index contributed by atoms with van der Waals surface area (Å²) < 4.78 is 100. The first kappa shape index (κ1) is 26.0. The molecule has 1 aliphatic carbocycles. The summed E-state index contributed by atoms with van der Waals surface area (Å²) in [5.41, 5.74) is -3.32. The zero-order valence-corrected chi connectivity index (χ0v) is 19.9. The molecule has 35 heavy (non-hydrogen) atoms. The van der Waals surface area contributed by atoms with E-state index in [9.17, 15) is 8.78 Å². The van der Waals surface area contributed by atoms with E-state index < -0.39 is 47.7 Å². The third kappa shape index (κ3) is 4.48. The molecule has 0 aromatic heterocycles. The summed E-state index contributed by atoms with van der Waals surface area (Å²) in [6, 6.07) is 11.8. The van der Waals surface area contributed by atoms with Gasteiger partial charge in [-0.05, 0) is 55.2 Å². The van der Waals surface area contributed by atoms with Gasteiger partial charge < -0.3 is 9.47 Å². The molecular weight excluding hydrogens is 470 g/mol. The lowest BCUT2D eigenvalue weighted by Gasteiger charge is -2.44. The molecule has 2 aromatic rings. The number of rotatable bonds is 8. The maximum absolute atomic E-state index is 15.3. The van der Waals surface area contributed by atoms with Crippen LogP contribution in [-0.2, 0) is 34.0 Å². The van der Waals surface area contributed by atoms with Crippen molar-refractivity contribution in [3.8, 4) is 0 Å². The lowest BCUT2D eigenvalue weighted by molar-refractivity contribution is -0.422. The van der Waals surface area contributed by atoms with Crippen LogP contribution >= 0.6 is 0 Å². The Morgan fingerprint density at radius 3 is 1.74 bits per heavy atom. The molecule has 2 saturated heterocycles. The summed E-state index contributed by atoms with van der Waals surface area (Å²) in [6.45, 7) is 3.93. The van der Waals surface area contributed by atoms with Crippen molar-refractivity contribution >= 4 is 0 Å². The fraction of sp³-hybridized carbons (Fsp3) is 0.556. The van der Waals surface area contributed by atoms with Crippen molar-refractivity contribution in [3.05, 3.63) is 70.8 Å². The highest BCUT2D eigenvalue weighted by Gasteiger charge is 2.78. The SMILES string of the molecule is CCCc1ccc(C(F)(F)OC23CCC(c4ccc(CCC)cc4)(CC2)OC(F)(F)C3(F)F)cc1. The number of fused-ring (bicyclic) bond motifs is 4. The average Bonchev–Trinajstić information content (AvgIpc) is 2.91. The zero-order valence-electron chi connectivity index (χ0n) is 19.9. The van der Waals surface area contributed by atoms with Gasteiger partial charge in [0.2, 0.25) is 0 Å². The van der Waals surface area contributed by atoms with Gasteiger partial charge in [-0.3, -0.25) is 0 Å². The standard InChI is InChI=1S/C27H30F6O2/c1-3-5-19-7-11-21(12-8-19)23-15-17-24(18-16-23,26(30,31)27(32,33)34-23)35-25(28,29)22-13-9-20(6-4-2)10-14-22/h7-14H,3-6,15-18H2,1-2H3. The maximum atomic E-state index is 15.3. The highest BCUT2D eigenvalue weighted by Crippen LogP contribution is 2.63. The molecule has 2 nitrogen and oxygen atoms in total. The van der Waals surface area contributed by atoms with E-state index in [2.05, 4.69) is 0 Å². The van der Waals surface area contributed by atoms with Gasteiger partial charge in [0.05, 0.1) is 11.2 Å². The van der Waals surface area contributed by atoms with E-state index in [-0.39, 0.29) is 12.8 Å². The Balaban J connectivity index is 1.66. The number of hydrogen-bond donors (Lipinski definition) is 0. The largest absolute Gasteiger partial charge is 0.423 e. The molecule has 2 aliphatic heterocycles. The van der Waals surface area contributed by atoms with E-state index in [1.807, 2.05) is 13.8 Å². The Kier molecular flexibility index (Phi) is 6.77. The lowest BCUT2D eigenvalue weighted by atomic mass is 9.71. The van der Waals surface area contributed by atoms with Gasteiger partial charge in [0.25, 0.3) is 0 Å². The second-order valence-electron chi connectivity index (χ2n) is 9.69. The van der Waals surface area contributed by atoms with E-state index in [1.165, 1.54) is 12.1 Å². The van der Waals surface area contributed by atoms with E-state index in [4.69, 9.17) is 9.47 Å². The maximum Gasteiger partial charge on any atom is 0.423 e. The molecule has 2 heterocycles. The van der Waals surface area contributed by atoms with Crippen LogP contribution in [0.3, 0.4) is 0 Å². The van der Waals surface area contributed by atoms with Crippen LogP contribution in [0.1, 0.15) is 74.6 Å². The lowest BCUT2D eigenvalue weighted by Crippen LogP contribution is -2.60. The van der Waals surface area contributed by atoms with Crippen LogP contribution in [0.25, 0.3) is 0 Å². The molecule has 2 aromatic carbocycles. The van der Waals surface area contributed by atoms with Crippen molar-refractivity contribution < 1.29 is 35.8 Å². The summed E-state index contributed by atoms with van der Waals surface area (Å²) in [5, 5.41) is 0. The second-order valence-corrected chi connectivity index (χ2v) is 9.69. The minimum absolute atomic E-state index is 0.295. The molecule has 0 radical (unpaired) electrons. The van der Waals surface area contributed by atoms with Crippen molar-refractivity contribution in [2.75, 3.05) is 0 Å². The number of halogens is 6. The normalized spacial score (nSPS) is 27.5. The number of alkyl halides is 6. The molecule has 1 saturated carbocycles. The summed E-state index contributed by atoms with van der Waals surface area (Å²) >= 11 is 0. The minimum atomic E-state index is -5.00. The van der Waals surface area contributed by atoms with Gasteiger partial charge in [-0.25, -0.2) is 0 Å². The fourth-order valence-electron chi connectivity index (χ4n) is 5.28. The van der Waals surface area contributed by atoms with Gasteiger partial charge in [-0.15, -0.1) is 0 Å². The van der Waals surface area contributed by atoms with Gasteiger partial charge in [-0.2, -0.15) is 26.3 Å². The molecule has 3 aliphatic rings. The Morgan fingerprint density at radius 1 is 0.771 bits per heavy atom. The highest BCUT2D eigenvalue weighted by atomic mass is 19.3. The second kappa shape index (κ2) is 9.11. The molecule has 0 N–H and O–H groups in total. The summed E-state index contributed by atoms with van der Waals surface area (Å²) in [4.78, 5) is 0. The van der Waals surface area contributed by atoms with Crippen molar-refractivity contribution in [1.82, 2.24) is 0 Å². The molecule has 0 amide bonds.